The number of rotatable bonds is 2. The van der Waals surface area contributed by atoms with Gasteiger partial charge in [-0.05, 0) is 25.7 Å². The molecule has 0 heterocycles. The molecule has 0 amide bonds. The zero-order chi connectivity index (χ0) is 10.8. The average molecular weight is 204 g/mol. The highest BCUT2D eigenvalue weighted by molar-refractivity contribution is 5.87. The van der Waals surface area contributed by atoms with Crippen molar-refractivity contribution in [2.75, 3.05) is 0 Å². The van der Waals surface area contributed by atoms with Crippen molar-refractivity contribution in [3.63, 3.8) is 0 Å². The molecule has 2 nitrogen and oxygen atoms in total. The van der Waals surface area contributed by atoms with E-state index in [9.17, 15) is 4.79 Å². The minimum atomic E-state index is -0.223. The standard InChI is InChI=1S/C13H16O2/c1-8(2)11(14)15-13-7-12(13,3)9-4-5-10(13)6-9/h4-5,9-10H,1,6-7H2,2-3H3. The minimum Gasteiger partial charge on any atom is -0.454 e. The SMILES string of the molecule is C=C(C)C(=O)OC12CC1(C)C1C=CC2C1. The Morgan fingerprint density at radius 3 is 2.67 bits per heavy atom. The molecule has 3 rings (SSSR count). The van der Waals surface area contributed by atoms with Gasteiger partial charge in [0.2, 0.25) is 0 Å². The van der Waals surface area contributed by atoms with Crippen LogP contribution in [-0.4, -0.2) is 11.6 Å². The summed E-state index contributed by atoms with van der Waals surface area (Å²) < 4.78 is 5.68. The van der Waals surface area contributed by atoms with Crippen LogP contribution in [0.3, 0.4) is 0 Å². The maximum absolute atomic E-state index is 11.6. The smallest absolute Gasteiger partial charge is 0.333 e. The lowest BCUT2D eigenvalue weighted by Crippen LogP contribution is -2.30. The third-order valence-corrected chi connectivity index (χ3v) is 4.60. The number of esters is 1. The highest BCUT2D eigenvalue weighted by atomic mass is 16.6. The van der Waals surface area contributed by atoms with Crippen molar-refractivity contribution in [1.29, 1.82) is 0 Å². The van der Waals surface area contributed by atoms with Crippen molar-refractivity contribution < 1.29 is 9.53 Å². The van der Waals surface area contributed by atoms with E-state index in [1.807, 2.05) is 0 Å². The molecule has 2 heteroatoms. The van der Waals surface area contributed by atoms with Crippen LogP contribution in [0.5, 0.6) is 0 Å². The van der Waals surface area contributed by atoms with E-state index in [-0.39, 0.29) is 17.0 Å². The van der Waals surface area contributed by atoms with E-state index in [0.717, 1.165) is 6.42 Å². The minimum absolute atomic E-state index is 0.178. The molecule has 4 atom stereocenters. The van der Waals surface area contributed by atoms with Gasteiger partial charge in [0.25, 0.3) is 0 Å². The first kappa shape index (κ1) is 9.20. The molecule has 2 fully saturated rings. The van der Waals surface area contributed by atoms with Gasteiger partial charge >= 0.3 is 5.97 Å². The fourth-order valence-electron chi connectivity index (χ4n) is 3.50. The lowest BCUT2D eigenvalue weighted by atomic mass is 9.92. The molecule has 2 bridgehead atoms. The van der Waals surface area contributed by atoms with E-state index in [1.54, 1.807) is 6.92 Å². The Morgan fingerprint density at radius 1 is 1.47 bits per heavy atom. The van der Waals surface area contributed by atoms with Gasteiger partial charge in [0.15, 0.2) is 0 Å². The molecule has 0 N–H and O–H groups in total. The van der Waals surface area contributed by atoms with Crippen molar-refractivity contribution in [3.05, 3.63) is 24.3 Å². The number of hydrogen-bond donors (Lipinski definition) is 0. The summed E-state index contributed by atoms with van der Waals surface area (Å²) in [6.07, 6.45) is 6.72. The lowest BCUT2D eigenvalue weighted by molar-refractivity contribution is -0.149. The molecule has 3 aliphatic rings. The molecule has 0 aromatic heterocycles. The molecule has 4 unspecified atom stereocenters. The average Bonchev–Trinajstić information content (AvgIpc) is 2.57. The Morgan fingerprint density at radius 2 is 2.13 bits per heavy atom. The van der Waals surface area contributed by atoms with Gasteiger partial charge in [-0.2, -0.15) is 0 Å². The van der Waals surface area contributed by atoms with E-state index >= 15 is 0 Å². The second-order valence-corrected chi connectivity index (χ2v) is 5.49. The fraction of sp³-hybridized carbons (Fsp3) is 0.615. The first-order valence-corrected chi connectivity index (χ1v) is 5.57. The molecule has 0 aromatic rings. The van der Waals surface area contributed by atoms with Crippen molar-refractivity contribution >= 4 is 5.97 Å². The van der Waals surface area contributed by atoms with Gasteiger partial charge in [0.1, 0.15) is 5.60 Å². The maximum atomic E-state index is 11.6. The zero-order valence-electron chi connectivity index (χ0n) is 9.25. The number of hydrogen-bond acceptors (Lipinski definition) is 2. The van der Waals surface area contributed by atoms with Crippen LogP contribution in [0.4, 0.5) is 0 Å². The summed E-state index contributed by atoms with van der Waals surface area (Å²) in [7, 11) is 0. The summed E-state index contributed by atoms with van der Waals surface area (Å²) in [5, 5.41) is 0. The lowest BCUT2D eigenvalue weighted by Gasteiger charge is -2.24. The topological polar surface area (TPSA) is 26.3 Å². The van der Waals surface area contributed by atoms with Gasteiger partial charge in [-0.15, -0.1) is 0 Å². The van der Waals surface area contributed by atoms with Crippen LogP contribution in [0.1, 0.15) is 26.7 Å². The highest BCUT2D eigenvalue weighted by Gasteiger charge is 2.78. The molecule has 0 radical (unpaired) electrons. The highest BCUT2D eigenvalue weighted by Crippen LogP contribution is 2.76. The summed E-state index contributed by atoms with van der Waals surface area (Å²) in [6, 6.07) is 0. The zero-order valence-corrected chi connectivity index (χ0v) is 9.25. The molecule has 15 heavy (non-hydrogen) atoms. The molecule has 0 aliphatic heterocycles. The van der Waals surface area contributed by atoms with E-state index in [4.69, 9.17) is 4.74 Å². The number of carbonyl (C=O) groups is 1. The second kappa shape index (κ2) is 2.37. The Kier molecular flexibility index (Phi) is 1.45. The van der Waals surface area contributed by atoms with Crippen LogP contribution in [0.2, 0.25) is 0 Å². The Bertz CT molecular complexity index is 395. The Labute approximate surface area is 90.0 Å². The summed E-state index contributed by atoms with van der Waals surface area (Å²) in [5.74, 6) is 0.857. The quantitative estimate of drug-likeness (QED) is 0.392. The first-order valence-electron chi connectivity index (χ1n) is 5.57. The molecule has 3 aliphatic carbocycles. The molecule has 80 valence electrons. The van der Waals surface area contributed by atoms with E-state index < -0.39 is 0 Å². The van der Waals surface area contributed by atoms with Crippen molar-refractivity contribution in [3.8, 4) is 0 Å². The van der Waals surface area contributed by atoms with Crippen LogP contribution in [0, 0.1) is 17.3 Å². The van der Waals surface area contributed by atoms with Crippen LogP contribution >= 0.6 is 0 Å². The molecule has 0 aromatic carbocycles. The predicted molar refractivity (Wildman–Crippen MR) is 57.1 cm³/mol. The summed E-state index contributed by atoms with van der Waals surface area (Å²) in [5.41, 5.74) is 0.547. The van der Waals surface area contributed by atoms with Gasteiger partial charge in [-0.3, -0.25) is 0 Å². The van der Waals surface area contributed by atoms with Gasteiger partial charge in [0, 0.05) is 16.9 Å². The van der Waals surface area contributed by atoms with Crippen molar-refractivity contribution in [2.24, 2.45) is 17.3 Å². The van der Waals surface area contributed by atoms with E-state index in [0.29, 0.717) is 17.4 Å². The van der Waals surface area contributed by atoms with Crippen LogP contribution in [-0.2, 0) is 9.53 Å². The maximum Gasteiger partial charge on any atom is 0.333 e. The van der Waals surface area contributed by atoms with Gasteiger partial charge in [0.05, 0.1) is 0 Å². The van der Waals surface area contributed by atoms with Gasteiger partial charge in [-0.1, -0.05) is 25.7 Å². The summed E-state index contributed by atoms with van der Waals surface area (Å²) in [6.45, 7) is 7.59. The van der Waals surface area contributed by atoms with Crippen LogP contribution in [0.15, 0.2) is 24.3 Å². The number of carbonyl (C=O) groups excluding carboxylic acids is 1. The third-order valence-electron chi connectivity index (χ3n) is 4.60. The normalized spacial score (nSPS) is 48.9. The Balaban J connectivity index is 1.86. The van der Waals surface area contributed by atoms with Crippen LogP contribution < -0.4 is 0 Å². The first-order chi connectivity index (χ1) is 6.99. The van der Waals surface area contributed by atoms with Gasteiger partial charge < -0.3 is 4.74 Å². The molecule has 0 saturated heterocycles. The molecule has 0 spiro atoms. The van der Waals surface area contributed by atoms with Crippen molar-refractivity contribution in [2.45, 2.75) is 32.3 Å². The molecule has 2 saturated carbocycles. The monoisotopic (exact) mass is 204 g/mol. The van der Waals surface area contributed by atoms with E-state index in [2.05, 4.69) is 25.7 Å². The van der Waals surface area contributed by atoms with Crippen LogP contribution in [0.25, 0.3) is 0 Å². The summed E-state index contributed by atoms with van der Waals surface area (Å²) in [4.78, 5) is 11.6. The van der Waals surface area contributed by atoms with E-state index in [1.165, 1.54) is 6.42 Å². The fourth-order valence-corrected chi connectivity index (χ4v) is 3.50. The number of fused-ring (bicyclic) bond motifs is 5. The number of allylic oxidation sites excluding steroid dienone is 1. The predicted octanol–water partition coefficient (Wildman–Crippen LogP) is 2.46. The second-order valence-electron chi connectivity index (χ2n) is 5.49. The largest absolute Gasteiger partial charge is 0.454 e. The third kappa shape index (κ3) is 0.882. The van der Waals surface area contributed by atoms with Crippen molar-refractivity contribution in [1.82, 2.24) is 0 Å². The molecular weight excluding hydrogens is 188 g/mol. The number of ether oxygens (including phenoxy) is 1. The van der Waals surface area contributed by atoms with Gasteiger partial charge in [-0.25, -0.2) is 4.79 Å². The summed E-state index contributed by atoms with van der Waals surface area (Å²) >= 11 is 0. The molecular formula is C13H16O2. The Hall–Kier alpha value is -1.05.